The number of amides is 1. The van der Waals surface area contributed by atoms with Gasteiger partial charge in [-0.3, -0.25) is 4.79 Å². The molecule has 1 amide bonds. The number of rotatable bonds is 4. The predicted molar refractivity (Wildman–Crippen MR) is 75.4 cm³/mol. The minimum Gasteiger partial charge on any atom is -0.342 e. The summed E-state index contributed by atoms with van der Waals surface area (Å²) in [5, 5.41) is 0. The second kappa shape index (κ2) is 6.01. The Hall–Kier alpha value is -1.35. The van der Waals surface area contributed by atoms with Crippen molar-refractivity contribution >= 4 is 5.91 Å². The van der Waals surface area contributed by atoms with Crippen LogP contribution in [-0.2, 0) is 6.54 Å². The van der Waals surface area contributed by atoms with Gasteiger partial charge in [-0.05, 0) is 29.5 Å². The summed E-state index contributed by atoms with van der Waals surface area (Å²) in [6.45, 7) is 7.78. The summed E-state index contributed by atoms with van der Waals surface area (Å²) in [7, 11) is 1.85. The van der Waals surface area contributed by atoms with Crippen molar-refractivity contribution < 1.29 is 4.79 Å². The molecule has 100 valence electrons. The molecule has 0 atom stereocenters. The smallest absolute Gasteiger partial charge is 0.253 e. The van der Waals surface area contributed by atoms with E-state index in [4.69, 9.17) is 5.73 Å². The van der Waals surface area contributed by atoms with Crippen molar-refractivity contribution in [2.45, 2.75) is 33.7 Å². The lowest BCUT2D eigenvalue weighted by atomic mass is 9.92. The Morgan fingerprint density at radius 3 is 2.56 bits per heavy atom. The molecule has 3 nitrogen and oxygen atoms in total. The number of hydrogen-bond donors (Lipinski definition) is 1. The summed E-state index contributed by atoms with van der Waals surface area (Å²) in [5.74, 6) is 0.0644. The van der Waals surface area contributed by atoms with Gasteiger partial charge >= 0.3 is 0 Å². The summed E-state index contributed by atoms with van der Waals surface area (Å²) in [6, 6.07) is 7.53. The highest BCUT2D eigenvalue weighted by atomic mass is 16.2. The largest absolute Gasteiger partial charge is 0.342 e. The first-order valence-corrected chi connectivity index (χ1v) is 6.38. The van der Waals surface area contributed by atoms with Crippen LogP contribution in [0.4, 0.5) is 0 Å². The van der Waals surface area contributed by atoms with Gasteiger partial charge in [-0.2, -0.15) is 0 Å². The van der Waals surface area contributed by atoms with Crippen LogP contribution in [0.15, 0.2) is 24.3 Å². The molecule has 0 fully saturated rings. The van der Waals surface area contributed by atoms with Crippen molar-refractivity contribution in [2.24, 2.45) is 11.1 Å². The Balaban J connectivity index is 2.68. The normalized spacial score (nSPS) is 11.4. The Morgan fingerprint density at radius 2 is 2.00 bits per heavy atom. The zero-order valence-electron chi connectivity index (χ0n) is 11.9. The number of nitrogens with zero attached hydrogens (tertiary/aromatic N) is 1. The highest BCUT2D eigenvalue weighted by molar-refractivity contribution is 5.94. The van der Waals surface area contributed by atoms with Crippen molar-refractivity contribution in [1.82, 2.24) is 4.90 Å². The summed E-state index contributed by atoms with van der Waals surface area (Å²) in [4.78, 5) is 14.0. The molecule has 0 aliphatic rings. The Bertz CT molecular complexity index is 407. The van der Waals surface area contributed by atoms with Crippen LogP contribution in [0.3, 0.4) is 0 Å². The third kappa shape index (κ3) is 4.49. The van der Waals surface area contributed by atoms with E-state index < -0.39 is 0 Å². The molecule has 2 N–H and O–H groups in total. The quantitative estimate of drug-likeness (QED) is 0.890. The van der Waals surface area contributed by atoms with E-state index >= 15 is 0 Å². The number of carbonyl (C=O) groups is 1. The van der Waals surface area contributed by atoms with E-state index in [0.29, 0.717) is 12.1 Å². The monoisotopic (exact) mass is 248 g/mol. The van der Waals surface area contributed by atoms with Crippen molar-refractivity contribution in [3.8, 4) is 0 Å². The average Bonchev–Trinajstić information content (AvgIpc) is 2.34. The number of nitrogens with two attached hydrogens (primary N) is 1. The van der Waals surface area contributed by atoms with E-state index in [1.54, 1.807) is 4.90 Å². The van der Waals surface area contributed by atoms with Gasteiger partial charge in [0.15, 0.2) is 0 Å². The second-order valence-corrected chi connectivity index (χ2v) is 5.94. The van der Waals surface area contributed by atoms with Crippen LogP contribution in [0.2, 0.25) is 0 Å². The molecule has 0 unspecified atom stereocenters. The van der Waals surface area contributed by atoms with Gasteiger partial charge in [0, 0.05) is 25.7 Å². The molecular weight excluding hydrogens is 224 g/mol. The molecule has 1 aromatic rings. The fourth-order valence-corrected chi connectivity index (χ4v) is 1.66. The van der Waals surface area contributed by atoms with Gasteiger partial charge < -0.3 is 10.6 Å². The van der Waals surface area contributed by atoms with E-state index in [-0.39, 0.29) is 11.3 Å². The highest BCUT2D eigenvalue weighted by Gasteiger charge is 2.16. The van der Waals surface area contributed by atoms with Crippen molar-refractivity contribution in [2.75, 3.05) is 13.6 Å². The van der Waals surface area contributed by atoms with E-state index in [1.807, 2.05) is 31.3 Å². The van der Waals surface area contributed by atoms with Crippen LogP contribution in [0.25, 0.3) is 0 Å². The predicted octanol–water partition coefficient (Wildman–Crippen LogP) is 2.65. The van der Waals surface area contributed by atoms with Gasteiger partial charge in [0.25, 0.3) is 5.91 Å². The van der Waals surface area contributed by atoms with Crippen LogP contribution >= 0.6 is 0 Å². The average molecular weight is 248 g/mol. The molecule has 0 heterocycles. The molecule has 0 aromatic heterocycles. The molecule has 1 rings (SSSR count). The van der Waals surface area contributed by atoms with E-state index in [9.17, 15) is 4.79 Å². The van der Waals surface area contributed by atoms with E-state index in [2.05, 4.69) is 20.8 Å². The highest BCUT2D eigenvalue weighted by Crippen LogP contribution is 2.19. The lowest BCUT2D eigenvalue weighted by Crippen LogP contribution is -2.30. The van der Waals surface area contributed by atoms with Gasteiger partial charge in [0.05, 0.1) is 0 Å². The fraction of sp³-hybridized carbons (Fsp3) is 0.533. The van der Waals surface area contributed by atoms with Crippen LogP contribution in [0.5, 0.6) is 0 Å². The Labute approximate surface area is 110 Å². The zero-order chi connectivity index (χ0) is 13.8. The van der Waals surface area contributed by atoms with Crippen LogP contribution in [0.1, 0.15) is 43.1 Å². The van der Waals surface area contributed by atoms with Crippen LogP contribution < -0.4 is 5.73 Å². The molecule has 0 aliphatic heterocycles. The number of hydrogen-bond acceptors (Lipinski definition) is 2. The van der Waals surface area contributed by atoms with Gasteiger partial charge in [-0.15, -0.1) is 0 Å². The topological polar surface area (TPSA) is 46.3 Å². The standard InChI is InChI=1S/C15H24N2O/c1-15(2,3)8-9-17(4)14(18)13-7-5-6-12(10-13)11-16/h5-7,10H,8-9,11,16H2,1-4H3. The van der Waals surface area contributed by atoms with E-state index in [0.717, 1.165) is 18.5 Å². The summed E-state index contributed by atoms with van der Waals surface area (Å²) in [6.07, 6.45) is 0.992. The van der Waals surface area contributed by atoms with Crippen LogP contribution in [-0.4, -0.2) is 24.4 Å². The third-order valence-corrected chi connectivity index (χ3v) is 2.95. The molecule has 0 saturated heterocycles. The van der Waals surface area contributed by atoms with Crippen molar-refractivity contribution in [3.63, 3.8) is 0 Å². The third-order valence-electron chi connectivity index (χ3n) is 2.95. The molecule has 0 radical (unpaired) electrons. The Morgan fingerprint density at radius 1 is 1.33 bits per heavy atom. The summed E-state index contributed by atoms with van der Waals surface area (Å²) >= 11 is 0. The summed E-state index contributed by atoms with van der Waals surface area (Å²) in [5.41, 5.74) is 7.54. The van der Waals surface area contributed by atoms with Crippen LogP contribution in [0, 0.1) is 5.41 Å². The minimum atomic E-state index is 0.0644. The van der Waals surface area contributed by atoms with Gasteiger partial charge in [-0.25, -0.2) is 0 Å². The molecule has 0 saturated carbocycles. The van der Waals surface area contributed by atoms with Gasteiger partial charge in [0.1, 0.15) is 0 Å². The maximum absolute atomic E-state index is 12.2. The lowest BCUT2D eigenvalue weighted by Gasteiger charge is -2.23. The number of carbonyl (C=O) groups excluding carboxylic acids is 1. The molecular formula is C15H24N2O. The lowest BCUT2D eigenvalue weighted by molar-refractivity contribution is 0.0780. The second-order valence-electron chi connectivity index (χ2n) is 5.94. The Kier molecular flexibility index (Phi) is 4.91. The van der Waals surface area contributed by atoms with Crippen molar-refractivity contribution in [1.29, 1.82) is 0 Å². The SMILES string of the molecule is CN(CCC(C)(C)C)C(=O)c1cccc(CN)c1. The maximum atomic E-state index is 12.2. The first-order chi connectivity index (χ1) is 8.33. The summed E-state index contributed by atoms with van der Waals surface area (Å²) < 4.78 is 0. The number of benzene rings is 1. The molecule has 3 heteroatoms. The molecule has 0 aliphatic carbocycles. The molecule has 1 aromatic carbocycles. The fourth-order valence-electron chi connectivity index (χ4n) is 1.66. The molecule has 0 bridgehead atoms. The first-order valence-electron chi connectivity index (χ1n) is 6.38. The van der Waals surface area contributed by atoms with Crippen molar-refractivity contribution in [3.05, 3.63) is 35.4 Å². The van der Waals surface area contributed by atoms with Gasteiger partial charge in [0.2, 0.25) is 0 Å². The maximum Gasteiger partial charge on any atom is 0.253 e. The molecule has 18 heavy (non-hydrogen) atoms. The van der Waals surface area contributed by atoms with E-state index in [1.165, 1.54) is 0 Å². The van der Waals surface area contributed by atoms with Gasteiger partial charge in [-0.1, -0.05) is 32.9 Å². The minimum absolute atomic E-state index is 0.0644. The zero-order valence-corrected chi connectivity index (χ0v) is 11.9. The molecule has 0 spiro atoms. The first kappa shape index (κ1) is 14.7.